The van der Waals surface area contributed by atoms with E-state index in [1.807, 2.05) is 0 Å². The molecule has 108 valence electrons. The molecule has 0 aromatic heterocycles. The summed E-state index contributed by atoms with van der Waals surface area (Å²) in [6.45, 7) is 2.21. The summed E-state index contributed by atoms with van der Waals surface area (Å²) in [5.74, 6) is 0. The van der Waals surface area contributed by atoms with Crippen molar-refractivity contribution < 1.29 is 0 Å². The highest BCUT2D eigenvalue weighted by atomic mass is 14.1. The maximum atomic E-state index is 2.34. The zero-order valence-electron chi connectivity index (χ0n) is 13.0. The first-order valence-corrected chi connectivity index (χ1v) is 8.05. The van der Waals surface area contributed by atoms with E-state index in [-0.39, 0.29) is 0 Å². The highest BCUT2D eigenvalue weighted by Crippen LogP contribution is 2.35. The third-order valence-electron chi connectivity index (χ3n) is 4.97. The molecule has 0 nitrogen and oxygen atoms in total. The molecule has 0 aliphatic heterocycles. The molecule has 0 heteroatoms. The van der Waals surface area contributed by atoms with Crippen molar-refractivity contribution in [3.63, 3.8) is 0 Å². The van der Waals surface area contributed by atoms with E-state index >= 15 is 0 Å². The van der Waals surface area contributed by atoms with Crippen molar-refractivity contribution in [1.29, 1.82) is 0 Å². The predicted octanol–water partition coefficient (Wildman–Crippen LogP) is 6.61. The number of hydrogen-bond donors (Lipinski definition) is 0. The maximum Gasteiger partial charge on any atom is -0.00961 e. The van der Waals surface area contributed by atoms with Gasteiger partial charge in [-0.1, -0.05) is 78.9 Å². The van der Waals surface area contributed by atoms with Crippen molar-refractivity contribution in [1.82, 2.24) is 0 Å². The predicted molar refractivity (Wildman–Crippen MR) is 101 cm³/mol. The third kappa shape index (κ3) is 1.72. The molecule has 0 bridgehead atoms. The normalized spacial score (nSPS) is 11.7. The number of hydrogen-bond acceptors (Lipinski definition) is 0. The molecule has 0 aliphatic carbocycles. The minimum Gasteiger partial charge on any atom is -0.0616 e. The molecule has 0 fully saturated rings. The van der Waals surface area contributed by atoms with Crippen LogP contribution >= 0.6 is 0 Å². The standard InChI is InChI=1S/C23H16/c1-15-14-23-21-11-10-16-6-2-3-8-18(16)20(21)12-13-22(23)19-9-5-4-7-17(15)19/h2-14H,1H3. The summed E-state index contributed by atoms with van der Waals surface area (Å²) in [5, 5.41) is 10.7. The first kappa shape index (κ1) is 12.7. The molecule has 0 N–H and O–H groups in total. The molecule has 0 heterocycles. The quantitative estimate of drug-likeness (QED) is 0.282. The van der Waals surface area contributed by atoms with E-state index in [4.69, 9.17) is 0 Å². The lowest BCUT2D eigenvalue weighted by molar-refractivity contribution is 1.56. The van der Waals surface area contributed by atoms with Crippen LogP contribution in [0.4, 0.5) is 0 Å². The van der Waals surface area contributed by atoms with Crippen LogP contribution in [0.1, 0.15) is 5.56 Å². The Kier molecular flexibility index (Phi) is 2.51. The highest BCUT2D eigenvalue weighted by molar-refractivity contribution is 6.22. The van der Waals surface area contributed by atoms with Gasteiger partial charge in [-0.25, -0.2) is 0 Å². The van der Waals surface area contributed by atoms with Gasteiger partial charge in [0.1, 0.15) is 0 Å². The first-order valence-electron chi connectivity index (χ1n) is 8.05. The molecular formula is C23H16. The summed E-state index contributed by atoms with van der Waals surface area (Å²) in [5.41, 5.74) is 1.34. The molecule has 0 spiro atoms. The zero-order valence-corrected chi connectivity index (χ0v) is 13.0. The van der Waals surface area contributed by atoms with Crippen molar-refractivity contribution in [2.75, 3.05) is 0 Å². The topological polar surface area (TPSA) is 0 Å². The summed E-state index contributed by atoms with van der Waals surface area (Å²) >= 11 is 0. The van der Waals surface area contributed by atoms with Gasteiger partial charge in [0.2, 0.25) is 0 Å². The molecule has 0 saturated carbocycles. The maximum absolute atomic E-state index is 2.34. The summed E-state index contributed by atoms with van der Waals surface area (Å²) in [6.07, 6.45) is 0. The second kappa shape index (κ2) is 4.57. The van der Waals surface area contributed by atoms with Crippen LogP contribution < -0.4 is 0 Å². The van der Waals surface area contributed by atoms with Gasteiger partial charge in [-0.15, -0.1) is 0 Å². The van der Waals surface area contributed by atoms with Crippen LogP contribution in [0.3, 0.4) is 0 Å². The largest absolute Gasteiger partial charge is 0.0616 e. The molecule has 0 unspecified atom stereocenters. The molecule has 5 aromatic carbocycles. The van der Waals surface area contributed by atoms with E-state index in [0.29, 0.717) is 0 Å². The molecule has 5 rings (SSSR count). The smallest absolute Gasteiger partial charge is 0.00961 e. The van der Waals surface area contributed by atoms with E-state index in [1.54, 1.807) is 0 Å². The van der Waals surface area contributed by atoms with Crippen LogP contribution in [0.2, 0.25) is 0 Å². The molecule has 0 radical (unpaired) electrons. The zero-order chi connectivity index (χ0) is 15.4. The Balaban J connectivity index is 2.06. The Morgan fingerprint density at radius 2 is 0.957 bits per heavy atom. The van der Waals surface area contributed by atoms with Crippen LogP contribution in [0.15, 0.2) is 78.9 Å². The Morgan fingerprint density at radius 3 is 1.74 bits per heavy atom. The van der Waals surface area contributed by atoms with Crippen LogP contribution in [0.5, 0.6) is 0 Å². The Hall–Kier alpha value is -2.86. The monoisotopic (exact) mass is 292 g/mol. The summed E-state index contributed by atoms with van der Waals surface area (Å²) in [7, 11) is 0. The highest BCUT2D eigenvalue weighted by Gasteiger charge is 2.08. The van der Waals surface area contributed by atoms with Gasteiger partial charge in [0.15, 0.2) is 0 Å². The van der Waals surface area contributed by atoms with E-state index in [1.165, 1.54) is 48.7 Å². The molecule has 0 amide bonds. The first-order chi connectivity index (χ1) is 11.3. The fraction of sp³-hybridized carbons (Fsp3) is 0.0435. The summed E-state index contributed by atoms with van der Waals surface area (Å²) in [6, 6.07) is 28.7. The Labute approximate surface area is 135 Å². The van der Waals surface area contributed by atoms with E-state index in [0.717, 1.165) is 0 Å². The molecule has 0 saturated heterocycles. The Bertz CT molecular complexity index is 1210. The second-order valence-electron chi connectivity index (χ2n) is 6.28. The van der Waals surface area contributed by atoms with E-state index in [9.17, 15) is 0 Å². The van der Waals surface area contributed by atoms with Gasteiger partial charge in [-0.2, -0.15) is 0 Å². The van der Waals surface area contributed by atoms with Crippen LogP contribution in [-0.2, 0) is 0 Å². The van der Waals surface area contributed by atoms with Crippen LogP contribution in [0.25, 0.3) is 43.1 Å². The van der Waals surface area contributed by atoms with Gasteiger partial charge in [0, 0.05) is 0 Å². The van der Waals surface area contributed by atoms with Gasteiger partial charge >= 0.3 is 0 Å². The average molecular weight is 292 g/mol. The minimum atomic E-state index is 1.30. The van der Waals surface area contributed by atoms with Gasteiger partial charge in [-0.05, 0) is 55.6 Å². The molecule has 23 heavy (non-hydrogen) atoms. The van der Waals surface area contributed by atoms with Crippen molar-refractivity contribution in [3.8, 4) is 0 Å². The summed E-state index contributed by atoms with van der Waals surface area (Å²) in [4.78, 5) is 0. The van der Waals surface area contributed by atoms with E-state index < -0.39 is 0 Å². The third-order valence-corrected chi connectivity index (χ3v) is 4.97. The SMILES string of the molecule is Cc1cc2c(ccc3c4ccccc4ccc32)c2ccccc12. The van der Waals surface area contributed by atoms with Gasteiger partial charge in [0.25, 0.3) is 0 Å². The average Bonchev–Trinajstić information content (AvgIpc) is 2.61. The Morgan fingerprint density at radius 1 is 0.435 bits per heavy atom. The molecule has 0 aliphatic rings. The second-order valence-corrected chi connectivity index (χ2v) is 6.28. The van der Waals surface area contributed by atoms with Crippen molar-refractivity contribution in [2.24, 2.45) is 0 Å². The van der Waals surface area contributed by atoms with Gasteiger partial charge in [0.05, 0.1) is 0 Å². The molecule has 5 aromatic rings. The van der Waals surface area contributed by atoms with Crippen molar-refractivity contribution in [3.05, 3.63) is 84.4 Å². The number of aryl methyl sites for hydroxylation is 1. The fourth-order valence-corrected chi connectivity index (χ4v) is 3.86. The van der Waals surface area contributed by atoms with Gasteiger partial charge in [-0.3, -0.25) is 0 Å². The van der Waals surface area contributed by atoms with E-state index in [2.05, 4.69) is 85.8 Å². The summed E-state index contributed by atoms with van der Waals surface area (Å²) < 4.78 is 0. The van der Waals surface area contributed by atoms with Gasteiger partial charge < -0.3 is 0 Å². The van der Waals surface area contributed by atoms with Crippen LogP contribution in [-0.4, -0.2) is 0 Å². The van der Waals surface area contributed by atoms with Crippen molar-refractivity contribution in [2.45, 2.75) is 6.92 Å². The van der Waals surface area contributed by atoms with Crippen LogP contribution in [0, 0.1) is 6.92 Å². The fourth-order valence-electron chi connectivity index (χ4n) is 3.86. The lowest BCUT2D eigenvalue weighted by Gasteiger charge is -2.11. The number of rotatable bonds is 0. The number of fused-ring (bicyclic) bond motifs is 7. The lowest BCUT2D eigenvalue weighted by Crippen LogP contribution is -1.85. The molecular weight excluding hydrogens is 276 g/mol. The van der Waals surface area contributed by atoms with Crippen molar-refractivity contribution >= 4 is 43.1 Å². The minimum absolute atomic E-state index is 1.30. The molecule has 0 atom stereocenters. The number of benzene rings is 5. The lowest BCUT2D eigenvalue weighted by atomic mass is 9.92.